The Hall–Kier alpha value is -0.370. The zero-order valence-corrected chi connectivity index (χ0v) is 13.1. The molecule has 0 saturated carbocycles. The summed E-state index contributed by atoms with van der Waals surface area (Å²) < 4.78 is 32.3. The number of ether oxygens (including phenoxy) is 1. The van der Waals surface area contributed by atoms with Gasteiger partial charge in [0.25, 0.3) is 0 Å². The van der Waals surface area contributed by atoms with Crippen molar-refractivity contribution in [1.82, 2.24) is 4.72 Å². The van der Waals surface area contributed by atoms with Crippen LogP contribution in [0, 0.1) is 5.92 Å². The average molecular weight is 339 g/mol. The van der Waals surface area contributed by atoms with Gasteiger partial charge in [0.2, 0.25) is 10.0 Å². The van der Waals surface area contributed by atoms with Crippen molar-refractivity contribution in [3.05, 3.63) is 27.7 Å². The number of halogens is 2. The Balaban J connectivity index is 2.20. The first-order valence-electron chi connectivity index (χ1n) is 6.20. The molecule has 0 aromatic heterocycles. The molecule has 5 nitrogen and oxygen atoms in total. The van der Waals surface area contributed by atoms with Crippen molar-refractivity contribution in [3.63, 3.8) is 0 Å². The van der Waals surface area contributed by atoms with Crippen LogP contribution in [-0.2, 0) is 21.3 Å². The van der Waals surface area contributed by atoms with Crippen LogP contribution in [0.25, 0.3) is 0 Å². The van der Waals surface area contributed by atoms with Crippen molar-refractivity contribution >= 4 is 33.2 Å². The molecule has 0 spiro atoms. The number of nitrogens with one attached hydrogen (secondary N) is 1. The highest BCUT2D eigenvalue weighted by atomic mass is 35.5. The van der Waals surface area contributed by atoms with E-state index < -0.39 is 10.0 Å². The molecule has 1 saturated heterocycles. The van der Waals surface area contributed by atoms with Crippen molar-refractivity contribution in [2.75, 3.05) is 19.8 Å². The van der Waals surface area contributed by atoms with E-state index in [9.17, 15) is 8.42 Å². The summed E-state index contributed by atoms with van der Waals surface area (Å²) in [5.41, 5.74) is 5.97. The normalized spacial score (nSPS) is 19.4. The molecule has 1 aromatic carbocycles. The minimum Gasteiger partial charge on any atom is -0.381 e. The van der Waals surface area contributed by atoms with Gasteiger partial charge in [0.15, 0.2) is 0 Å². The molecule has 1 unspecified atom stereocenters. The summed E-state index contributed by atoms with van der Waals surface area (Å²) >= 11 is 12.0. The highest BCUT2D eigenvalue weighted by Gasteiger charge is 2.23. The highest BCUT2D eigenvalue weighted by molar-refractivity contribution is 7.89. The molecule has 0 aliphatic carbocycles. The summed E-state index contributed by atoms with van der Waals surface area (Å²) in [5.74, 6) is 0.199. The van der Waals surface area contributed by atoms with E-state index >= 15 is 0 Å². The van der Waals surface area contributed by atoms with Crippen LogP contribution in [0.4, 0.5) is 0 Å². The van der Waals surface area contributed by atoms with Gasteiger partial charge in [0.05, 0.1) is 11.6 Å². The number of rotatable bonds is 5. The lowest BCUT2D eigenvalue weighted by Crippen LogP contribution is -2.30. The molecule has 0 radical (unpaired) electrons. The van der Waals surface area contributed by atoms with E-state index in [-0.39, 0.29) is 22.4 Å². The standard InChI is InChI=1S/C12H16Cl2N2O3S/c13-10-1-2-11(12(14)9(10)5-15)20(17,18)16-6-8-3-4-19-7-8/h1-2,8,16H,3-7,15H2. The van der Waals surface area contributed by atoms with Crippen LogP contribution < -0.4 is 10.5 Å². The molecule has 1 aliphatic rings. The van der Waals surface area contributed by atoms with Gasteiger partial charge in [-0.25, -0.2) is 13.1 Å². The van der Waals surface area contributed by atoms with Crippen LogP contribution in [0.3, 0.4) is 0 Å². The van der Waals surface area contributed by atoms with Crippen molar-refractivity contribution in [1.29, 1.82) is 0 Å². The third kappa shape index (κ3) is 3.44. The smallest absolute Gasteiger partial charge is 0.242 e. The van der Waals surface area contributed by atoms with Crippen LogP contribution in [0.1, 0.15) is 12.0 Å². The first-order valence-corrected chi connectivity index (χ1v) is 8.44. The number of hydrogen-bond donors (Lipinski definition) is 2. The van der Waals surface area contributed by atoms with Gasteiger partial charge >= 0.3 is 0 Å². The Bertz CT molecular complexity index is 587. The first kappa shape index (κ1) is 16.0. The van der Waals surface area contributed by atoms with Crippen LogP contribution >= 0.6 is 23.2 Å². The van der Waals surface area contributed by atoms with Crippen LogP contribution in [0.5, 0.6) is 0 Å². The van der Waals surface area contributed by atoms with Gasteiger partial charge in [-0.15, -0.1) is 0 Å². The monoisotopic (exact) mass is 338 g/mol. The Kier molecular flexibility index (Phi) is 5.28. The van der Waals surface area contributed by atoms with Crippen LogP contribution in [0.15, 0.2) is 17.0 Å². The number of sulfonamides is 1. The maximum atomic E-state index is 12.3. The maximum absolute atomic E-state index is 12.3. The zero-order chi connectivity index (χ0) is 14.8. The second-order valence-electron chi connectivity index (χ2n) is 4.62. The second-order valence-corrected chi connectivity index (χ2v) is 7.14. The largest absolute Gasteiger partial charge is 0.381 e. The van der Waals surface area contributed by atoms with Gasteiger partial charge < -0.3 is 10.5 Å². The lowest BCUT2D eigenvalue weighted by Gasteiger charge is -2.13. The van der Waals surface area contributed by atoms with Crippen molar-refractivity contribution < 1.29 is 13.2 Å². The van der Waals surface area contributed by atoms with E-state index in [2.05, 4.69) is 4.72 Å². The van der Waals surface area contributed by atoms with Gasteiger partial charge in [-0.2, -0.15) is 0 Å². The lowest BCUT2D eigenvalue weighted by molar-refractivity contribution is 0.186. The van der Waals surface area contributed by atoms with Gasteiger partial charge in [0.1, 0.15) is 4.90 Å². The molecule has 1 fully saturated rings. The summed E-state index contributed by atoms with van der Waals surface area (Å²) in [5, 5.41) is 0.441. The first-order chi connectivity index (χ1) is 9.45. The van der Waals surface area contributed by atoms with Gasteiger partial charge in [0, 0.05) is 30.3 Å². The van der Waals surface area contributed by atoms with Crippen LogP contribution in [0.2, 0.25) is 10.0 Å². The fourth-order valence-electron chi connectivity index (χ4n) is 2.02. The Labute approximate surface area is 128 Å². The number of nitrogens with two attached hydrogens (primary N) is 1. The number of hydrogen-bond acceptors (Lipinski definition) is 4. The molecular formula is C12H16Cl2N2O3S. The zero-order valence-electron chi connectivity index (χ0n) is 10.7. The molecule has 20 heavy (non-hydrogen) atoms. The van der Waals surface area contributed by atoms with Gasteiger partial charge in [-0.1, -0.05) is 23.2 Å². The fraction of sp³-hybridized carbons (Fsp3) is 0.500. The van der Waals surface area contributed by atoms with E-state index in [1.165, 1.54) is 12.1 Å². The molecule has 2 rings (SSSR count). The third-order valence-corrected chi connectivity index (χ3v) is 5.59. The van der Waals surface area contributed by atoms with Crippen molar-refractivity contribution in [3.8, 4) is 0 Å². The fourth-order valence-corrected chi connectivity index (χ4v) is 4.07. The van der Waals surface area contributed by atoms with Crippen molar-refractivity contribution in [2.45, 2.75) is 17.9 Å². The summed E-state index contributed by atoms with van der Waals surface area (Å²) in [6.45, 7) is 1.66. The third-order valence-electron chi connectivity index (χ3n) is 3.23. The average Bonchev–Trinajstić information content (AvgIpc) is 2.90. The highest BCUT2D eigenvalue weighted by Crippen LogP contribution is 2.30. The lowest BCUT2D eigenvalue weighted by atomic mass is 10.1. The molecule has 8 heteroatoms. The Morgan fingerprint density at radius 1 is 1.40 bits per heavy atom. The van der Waals surface area contributed by atoms with E-state index in [0.29, 0.717) is 30.3 Å². The molecular weight excluding hydrogens is 323 g/mol. The minimum atomic E-state index is -3.68. The Morgan fingerprint density at radius 2 is 2.15 bits per heavy atom. The topological polar surface area (TPSA) is 81.4 Å². The van der Waals surface area contributed by atoms with E-state index in [4.69, 9.17) is 33.7 Å². The van der Waals surface area contributed by atoms with Gasteiger partial charge in [-0.3, -0.25) is 0 Å². The summed E-state index contributed by atoms with van der Waals surface area (Å²) in [6.07, 6.45) is 0.852. The molecule has 0 amide bonds. The molecule has 0 bridgehead atoms. The molecule has 1 atom stereocenters. The van der Waals surface area contributed by atoms with Gasteiger partial charge in [-0.05, 0) is 24.5 Å². The second kappa shape index (κ2) is 6.60. The predicted molar refractivity (Wildman–Crippen MR) is 78.5 cm³/mol. The molecule has 112 valence electrons. The van der Waals surface area contributed by atoms with Crippen molar-refractivity contribution in [2.24, 2.45) is 11.7 Å². The quantitative estimate of drug-likeness (QED) is 0.857. The van der Waals surface area contributed by atoms with E-state index in [1.54, 1.807) is 0 Å². The number of benzene rings is 1. The molecule has 1 aromatic rings. The van der Waals surface area contributed by atoms with Crippen LogP contribution in [-0.4, -0.2) is 28.2 Å². The maximum Gasteiger partial charge on any atom is 0.242 e. The molecule has 1 aliphatic heterocycles. The summed E-state index contributed by atoms with van der Waals surface area (Å²) in [6, 6.07) is 2.88. The Morgan fingerprint density at radius 3 is 2.75 bits per heavy atom. The van der Waals surface area contributed by atoms with E-state index in [1.807, 2.05) is 0 Å². The SMILES string of the molecule is NCc1c(Cl)ccc(S(=O)(=O)NCC2CCOC2)c1Cl. The summed E-state index contributed by atoms with van der Waals surface area (Å²) in [7, 11) is -3.68. The minimum absolute atomic E-state index is 0.00271. The van der Waals surface area contributed by atoms with E-state index in [0.717, 1.165) is 6.42 Å². The molecule has 3 N–H and O–H groups in total. The predicted octanol–water partition coefficient (Wildman–Crippen LogP) is 1.77. The molecule has 1 heterocycles. The summed E-state index contributed by atoms with van der Waals surface area (Å²) in [4.78, 5) is 0.00271.